The molecule has 54 valence electrons. The van der Waals surface area contributed by atoms with Crippen molar-refractivity contribution in [3.63, 3.8) is 0 Å². The molecule has 0 aliphatic heterocycles. The zero-order valence-electron chi connectivity index (χ0n) is 6.19. The predicted octanol–water partition coefficient (Wildman–Crippen LogP) is 2.71. The lowest BCUT2D eigenvalue weighted by atomic mass is 10.2. The first-order valence-electron chi connectivity index (χ1n) is 3.35. The lowest BCUT2D eigenvalue weighted by Gasteiger charge is -1.99. The SMILES string of the molecule is CCc1cc(C)cnc1Br. The third-order valence-electron chi connectivity index (χ3n) is 1.43. The number of rotatable bonds is 1. The Labute approximate surface area is 69.6 Å². The molecule has 0 spiro atoms. The first-order chi connectivity index (χ1) is 4.74. The van der Waals surface area contributed by atoms with E-state index in [2.05, 4.69) is 40.8 Å². The second-order valence-corrected chi connectivity index (χ2v) is 3.07. The lowest BCUT2D eigenvalue weighted by molar-refractivity contribution is 1.06. The number of aromatic nitrogens is 1. The van der Waals surface area contributed by atoms with Crippen LogP contribution in [0.2, 0.25) is 0 Å². The number of hydrogen-bond donors (Lipinski definition) is 0. The van der Waals surface area contributed by atoms with E-state index in [1.165, 1.54) is 11.1 Å². The van der Waals surface area contributed by atoms with Crippen molar-refractivity contribution >= 4 is 15.9 Å². The van der Waals surface area contributed by atoms with Crippen LogP contribution in [0, 0.1) is 6.92 Å². The van der Waals surface area contributed by atoms with Gasteiger partial charge in [-0.2, -0.15) is 0 Å². The van der Waals surface area contributed by atoms with Gasteiger partial charge in [-0.25, -0.2) is 4.98 Å². The average Bonchev–Trinajstić information content (AvgIpc) is 1.94. The highest BCUT2D eigenvalue weighted by Crippen LogP contribution is 2.14. The van der Waals surface area contributed by atoms with Gasteiger partial charge in [0.1, 0.15) is 4.60 Å². The molecule has 0 aliphatic carbocycles. The quantitative estimate of drug-likeness (QED) is 0.635. The molecule has 0 N–H and O–H groups in total. The minimum absolute atomic E-state index is 0.973. The second-order valence-electron chi connectivity index (χ2n) is 2.32. The maximum atomic E-state index is 4.17. The fourth-order valence-corrected chi connectivity index (χ4v) is 1.36. The molecule has 0 radical (unpaired) electrons. The molecule has 10 heavy (non-hydrogen) atoms. The van der Waals surface area contributed by atoms with Crippen molar-refractivity contribution in [1.29, 1.82) is 0 Å². The van der Waals surface area contributed by atoms with Gasteiger partial charge < -0.3 is 0 Å². The van der Waals surface area contributed by atoms with Crippen LogP contribution in [0.3, 0.4) is 0 Å². The fraction of sp³-hybridized carbons (Fsp3) is 0.375. The summed E-state index contributed by atoms with van der Waals surface area (Å²) >= 11 is 3.38. The van der Waals surface area contributed by atoms with Crippen LogP contribution in [-0.2, 0) is 6.42 Å². The van der Waals surface area contributed by atoms with Crippen LogP contribution in [0.25, 0.3) is 0 Å². The molecule has 1 nitrogen and oxygen atoms in total. The summed E-state index contributed by atoms with van der Waals surface area (Å²) < 4.78 is 0.973. The Hall–Kier alpha value is -0.370. The molecule has 0 saturated heterocycles. The van der Waals surface area contributed by atoms with E-state index in [-0.39, 0.29) is 0 Å². The highest BCUT2D eigenvalue weighted by atomic mass is 79.9. The highest BCUT2D eigenvalue weighted by molar-refractivity contribution is 9.10. The van der Waals surface area contributed by atoms with Crippen molar-refractivity contribution in [2.24, 2.45) is 0 Å². The summed E-state index contributed by atoms with van der Waals surface area (Å²) in [5.41, 5.74) is 2.50. The van der Waals surface area contributed by atoms with Crippen LogP contribution in [0.1, 0.15) is 18.1 Å². The van der Waals surface area contributed by atoms with E-state index < -0.39 is 0 Å². The number of hydrogen-bond acceptors (Lipinski definition) is 1. The number of nitrogens with zero attached hydrogens (tertiary/aromatic N) is 1. The molecule has 0 unspecified atom stereocenters. The van der Waals surface area contributed by atoms with Crippen molar-refractivity contribution in [2.75, 3.05) is 0 Å². The Balaban J connectivity index is 3.09. The smallest absolute Gasteiger partial charge is 0.109 e. The van der Waals surface area contributed by atoms with E-state index in [1.54, 1.807) is 0 Å². The minimum atomic E-state index is 0.973. The number of aryl methyl sites for hydroxylation is 2. The van der Waals surface area contributed by atoms with Crippen molar-refractivity contribution in [3.05, 3.63) is 28.0 Å². The third-order valence-corrected chi connectivity index (χ3v) is 2.14. The predicted molar refractivity (Wildman–Crippen MR) is 46.1 cm³/mol. The average molecular weight is 200 g/mol. The number of halogens is 1. The second kappa shape index (κ2) is 3.15. The molecular weight excluding hydrogens is 190 g/mol. The highest BCUT2D eigenvalue weighted by Gasteiger charge is 1.96. The van der Waals surface area contributed by atoms with Crippen molar-refractivity contribution in [1.82, 2.24) is 4.98 Å². The first-order valence-corrected chi connectivity index (χ1v) is 4.14. The Bertz CT molecular complexity index is 233. The molecule has 0 atom stereocenters. The van der Waals surface area contributed by atoms with E-state index in [4.69, 9.17) is 0 Å². The van der Waals surface area contributed by atoms with Crippen LogP contribution in [0.4, 0.5) is 0 Å². The van der Waals surface area contributed by atoms with Gasteiger partial charge in [0.15, 0.2) is 0 Å². The first kappa shape index (κ1) is 7.73. The summed E-state index contributed by atoms with van der Waals surface area (Å²) in [5.74, 6) is 0. The van der Waals surface area contributed by atoms with Crippen LogP contribution in [0.5, 0.6) is 0 Å². The molecule has 0 aliphatic rings. The van der Waals surface area contributed by atoms with E-state index in [1.807, 2.05) is 6.20 Å². The minimum Gasteiger partial charge on any atom is -0.249 e. The van der Waals surface area contributed by atoms with E-state index in [0.29, 0.717) is 0 Å². The Morgan fingerprint density at radius 2 is 2.30 bits per heavy atom. The summed E-state index contributed by atoms with van der Waals surface area (Å²) in [6.07, 6.45) is 2.90. The largest absolute Gasteiger partial charge is 0.249 e. The van der Waals surface area contributed by atoms with Crippen LogP contribution in [0.15, 0.2) is 16.9 Å². The molecular formula is C8H10BrN. The maximum Gasteiger partial charge on any atom is 0.109 e. The maximum absolute atomic E-state index is 4.17. The molecule has 0 bridgehead atoms. The normalized spacial score (nSPS) is 9.90. The van der Waals surface area contributed by atoms with E-state index in [0.717, 1.165) is 11.0 Å². The Kier molecular flexibility index (Phi) is 2.44. The van der Waals surface area contributed by atoms with Crippen LogP contribution >= 0.6 is 15.9 Å². The van der Waals surface area contributed by atoms with Gasteiger partial charge in [-0.05, 0) is 40.4 Å². The molecule has 2 heteroatoms. The standard InChI is InChI=1S/C8H10BrN/c1-3-7-4-6(2)5-10-8(7)9/h4-5H,3H2,1-2H3. The van der Waals surface area contributed by atoms with Gasteiger partial charge in [0.05, 0.1) is 0 Å². The molecule has 1 rings (SSSR count). The topological polar surface area (TPSA) is 12.9 Å². The molecule has 0 saturated carbocycles. The monoisotopic (exact) mass is 199 g/mol. The van der Waals surface area contributed by atoms with Gasteiger partial charge in [-0.15, -0.1) is 0 Å². The van der Waals surface area contributed by atoms with Gasteiger partial charge in [0.25, 0.3) is 0 Å². The zero-order chi connectivity index (χ0) is 7.56. The van der Waals surface area contributed by atoms with Gasteiger partial charge in [0.2, 0.25) is 0 Å². The molecule has 0 aromatic carbocycles. The van der Waals surface area contributed by atoms with Gasteiger partial charge in [-0.1, -0.05) is 13.0 Å². The zero-order valence-corrected chi connectivity index (χ0v) is 7.77. The summed E-state index contributed by atoms with van der Waals surface area (Å²) in [7, 11) is 0. The summed E-state index contributed by atoms with van der Waals surface area (Å²) in [4.78, 5) is 4.17. The molecule has 1 aromatic heterocycles. The molecule has 1 aromatic rings. The van der Waals surface area contributed by atoms with Crippen LogP contribution in [-0.4, -0.2) is 4.98 Å². The molecule has 0 amide bonds. The van der Waals surface area contributed by atoms with E-state index in [9.17, 15) is 0 Å². The Morgan fingerprint density at radius 3 is 2.80 bits per heavy atom. The van der Waals surface area contributed by atoms with Gasteiger partial charge in [-0.3, -0.25) is 0 Å². The lowest BCUT2D eigenvalue weighted by Crippen LogP contribution is -1.87. The molecule has 0 fully saturated rings. The van der Waals surface area contributed by atoms with Gasteiger partial charge >= 0.3 is 0 Å². The van der Waals surface area contributed by atoms with E-state index >= 15 is 0 Å². The summed E-state index contributed by atoms with van der Waals surface area (Å²) in [6.45, 7) is 4.18. The van der Waals surface area contributed by atoms with Gasteiger partial charge in [0, 0.05) is 6.20 Å². The van der Waals surface area contributed by atoms with Crippen molar-refractivity contribution in [2.45, 2.75) is 20.3 Å². The summed E-state index contributed by atoms with van der Waals surface area (Å²) in [5, 5.41) is 0. The fourth-order valence-electron chi connectivity index (χ4n) is 0.861. The number of pyridine rings is 1. The Morgan fingerprint density at radius 1 is 1.60 bits per heavy atom. The summed E-state index contributed by atoms with van der Waals surface area (Å²) in [6, 6.07) is 2.15. The van der Waals surface area contributed by atoms with Crippen molar-refractivity contribution < 1.29 is 0 Å². The van der Waals surface area contributed by atoms with Crippen molar-refractivity contribution in [3.8, 4) is 0 Å². The van der Waals surface area contributed by atoms with Crippen LogP contribution < -0.4 is 0 Å². The molecule has 1 heterocycles. The third kappa shape index (κ3) is 1.57.